The van der Waals surface area contributed by atoms with Crippen LogP contribution in [0.2, 0.25) is 0 Å². The lowest BCUT2D eigenvalue weighted by Gasteiger charge is -2.27. The summed E-state index contributed by atoms with van der Waals surface area (Å²) in [7, 11) is 0. The van der Waals surface area contributed by atoms with Crippen LogP contribution in [0, 0.1) is 0 Å². The minimum absolute atomic E-state index is 0.133. The molecule has 4 amide bonds. The molecule has 0 spiro atoms. The number of hydrogen-bond acceptors (Lipinski definition) is 6. The third kappa shape index (κ3) is 3.28. The number of benzene rings is 2. The third-order valence-electron chi connectivity index (χ3n) is 5.15. The van der Waals surface area contributed by atoms with Crippen LogP contribution >= 0.6 is 22.7 Å². The van der Waals surface area contributed by atoms with Crippen molar-refractivity contribution in [3.63, 3.8) is 0 Å². The number of urea groups is 1. The molecule has 0 radical (unpaired) electrons. The van der Waals surface area contributed by atoms with E-state index in [1.807, 2.05) is 29.0 Å². The normalized spacial score (nSPS) is 14.9. The largest absolute Gasteiger partial charge is 0.344 e. The molecule has 0 atom stereocenters. The van der Waals surface area contributed by atoms with E-state index in [1.54, 1.807) is 53.9 Å². The van der Waals surface area contributed by atoms with Crippen LogP contribution in [-0.4, -0.2) is 27.8 Å². The summed E-state index contributed by atoms with van der Waals surface area (Å²) in [6, 6.07) is 19.1. The maximum Gasteiger partial charge on any atom is 0.344 e. The van der Waals surface area contributed by atoms with Crippen molar-refractivity contribution in [2.24, 2.45) is 0 Å². The molecule has 0 aliphatic carbocycles. The average Bonchev–Trinajstić information content (AvgIpc) is 3.57. The monoisotopic (exact) mass is 460 g/mol. The molecule has 2 N–H and O–H groups in total. The molecule has 32 heavy (non-hydrogen) atoms. The second kappa shape index (κ2) is 8.03. The van der Waals surface area contributed by atoms with Crippen molar-refractivity contribution in [3.8, 4) is 10.6 Å². The molecule has 0 saturated carbocycles. The van der Waals surface area contributed by atoms with Gasteiger partial charge in [-0.3, -0.25) is 15.0 Å². The van der Waals surface area contributed by atoms with Crippen molar-refractivity contribution in [2.45, 2.75) is 5.54 Å². The lowest BCUT2D eigenvalue weighted by molar-refractivity contribution is -0.131. The van der Waals surface area contributed by atoms with E-state index in [-0.39, 0.29) is 5.69 Å². The highest BCUT2D eigenvalue weighted by Gasteiger charge is 2.54. The second-order valence-corrected chi connectivity index (χ2v) is 8.68. The zero-order chi connectivity index (χ0) is 22.1. The Balaban J connectivity index is 1.47. The van der Waals surface area contributed by atoms with Gasteiger partial charge >= 0.3 is 6.03 Å². The van der Waals surface area contributed by atoms with Gasteiger partial charge in [-0.1, -0.05) is 60.7 Å². The smallest absolute Gasteiger partial charge is 0.314 e. The molecule has 1 saturated heterocycles. The standard InChI is InChI=1S/C23H16N4O3S2/c28-19(18-14-32-20(24-18)15-11-12-31-13-15)26-27-21(29)23(25-22(27)30,16-7-3-1-4-8-16)17-9-5-2-6-10-17/h1-14H,(H,25,30)(H,26,28). The Morgan fingerprint density at radius 1 is 0.938 bits per heavy atom. The number of rotatable bonds is 5. The number of thiazole rings is 1. The number of amides is 4. The minimum atomic E-state index is -1.45. The first-order valence-corrected chi connectivity index (χ1v) is 11.5. The summed E-state index contributed by atoms with van der Waals surface area (Å²) >= 11 is 2.85. The number of aromatic nitrogens is 1. The van der Waals surface area contributed by atoms with E-state index < -0.39 is 23.4 Å². The van der Waals surface area contributed by atoms with Gasteiger partial charge in [-0.25, -0.2) is 9.78 Å². The van der Waals surface area contributed by atoms with Crippen LogP contribution in [0.5, 0.6) is 0 Å². The highest BCUT2D eigenvalue weighted by Crippen LogP contribution is 2.35. The zero-order valence-corrected chi connectivity index (χ0v) is 18.2. The summed E-state index contributed by atoms with van der Waals surface area (Å²) in [5, 5.41) is 9.67. The molecule has 7 nitrogen and oxygen atoms in total. The van der Waals surface area contributed by atoms with Gasteiger partial charge in [-0.15, -0.1) is 11.3 Å². The van der Waals surface area contributed by atoms with Gasteiger partial charge < -0.3 is 5.32 Å². The molecule has 2 aromatic heterocycles. The Morgan fingerprint density at radius 3 is 2.19 bits per heavy atom. The maximum absolute atomic E-state index is 13.6. The first kappa shape index (κ1) is 20.1. The van der Waals surface area contributed by atoms with Crippen molar-refractivity contribution >= 4 is 40.5 Å². The van der Waals surface area contributed by atoms with Crippen LogP contribution in [0.15, 0.2) is 82.9 Å². The zero-order valence-electron chi connectivity index (χ0n) is 16.5. The van der Waals surface area contributed by atoms with Crippen LogP contribution in [0.3, 0.4) is 0 Å². The lowest BCUT2D eigenvalue weighted by atomic mass is 9.83. The van der Waals surface area contributed by atoms with Crippen molar-refractivity contribution in [2.75, 3.05) is 0 Å². The topological polar surface area (TPSA) is 91.4 Å². The van der Waals surface area contributed by atoms with E-state index in [4.69, 9.17) is 0 Å². The van der Waals surface area contributed by atoms with Gasteiger partial charge in [0.1, 0.15) is 10.7 Å². The van der Waals surface area contributed by atoms with Gasteiger partial charge in [0.25, 0.3) is 11.8 Å². The molecule has 9 heteroatoms. The van der Waals surface area contributed by atoms with Crippen LogP contribution in [0.1, 0.15) is 21.6 Å². The summed E-state index contributed by atoms with van der Waals surface area (Å²) in [4.78, 5) is 43.6. The highest BCUT2D eigenvalue weighted by atomic mass is 32.1. The molecule has 2 aromatic carbocycles. The summed E-state index contributed by atoms with van der Waals surface area (Å²) < 4.78 is 0. The lowest BCUT2D eigenvalue weighted by Crippen LogP contribution is -2.49. The van der Waals surface area contributed by atoms with Gasteiger partial charge in [0.2, 0.25) is 0 Å². The van der Waals surface area contributed by atoms with E-state index >= 15 is 0 Å². The number of hydrogen-bond donors (Lipinski definition) is 2. The van der Waals surface area contributed by atoms with Gasteiger partial charge in [0.05, 0.1) is 0 Å². The Kier molecular flexibility index (Phi) is 5.04. The number of hydrazine groups is 1. The Hall–Kier alpha value is -3.82. The van der Waals surface area contributed by atoms with Crippen LogP contribution in [0.25, 0.3) is 10.6 Å². The molecular formula is C23H16N4O3S2. The summed E-state index contributed by atoms with van der Waals surface area (Å²) in [6.07, 6.45) is 0. The molecule has 5 rings (SSSR count). The molecule has 4 aromatic rings. The van der Waals surface area contributed by atoms with Crippen molar-refractivity contribution in [1.82, 2.24) is 20.7 Å². The highest BCUT2D eigenvalue weighted by molar-refractivity contribution is 7.14. The first-order chi connectivity index (χ1) is 15.6. The number of nitrogens with zero attached hydrogens (tertiary/aromatic N) is 2. The van der Waals surface area contributed by atoms with Crippen LogP contribution < -0.4 is 10.7 Å². The predicted octanol–water partition coefficient (Wildman–Crippen LogP) is 4.01. The van der Waals surface area contributed by atoms with Gasteiger partial charge in [-0.05, 0) is 22.6 Å². The second-order valence-electron chi connectivity index (χ2n) is 7.04. The molecule has 3 heterocycles. The Labute approximate surface area is 191 Å². The number of carbonyl (C=O) groups excluding carboxylic acids is 3. The van der Waals surface area contributed by atoms with Gasteiger partial charge in [0.15, 0.2) is 5.54 Å². The number of imide groups is 1. The quantitative estimate of drug-likeness (QED) is 0.440. The average molecular weight is 461 g/mol. The van der Waals surface area contributed by atoms with Gasteiger partial charge in [-0.2, -0.15) is 16.3 Å². The predicted molar refractivity (Wildman–Crippen MR) is 122 cm³/mol. The van der Waals surface area contributed by atoms with Crippen molar-refractivity contribution < 1.29 is 14.4 Å². The molecule has 1 aliphatic heterocycles. The van der Waals surface area contributed by atoms with Crippen molar-refractivity contribution in [1.29, 1.82) is 0 Å². The molecular weight excluding hydrogens is 444 g/mol. The van der Waals surface area contributed by atoms with E-state index in [1.165, 1.54) is 22.7 Å². The summed E-state index contributed by atoms with van der Waals surface area (Å²) in [5.74, 6) is -1.23. The van der Waals surface area contributed by atoms with E-state index in [2.05, 4.69) is 15.7 Å². The maximum atomic E-state index is 13.6. The third-order valence-corrected chi connectivity index (χ3v) is 6.73. The SMILES string of the molecule is O=C(NN1C(=O)NC(c2ccccc2)(c2ccccc2)C1=O)c1csc(-c2ccsc2)n1. The van der Waals surface area contributed by atoms with Gasteiger partial charge in [0, 0.05) is 16.3 Å². The fraction of sp³-hybridized carbons (Fsp3) is 0.0435. The van der Waals surface area contributed by atoms with E-state index in [9.17, 15) is 14.4 Å². The fourth-order valence-electron chi connectivity index (χ4n) is 3.62. The molecule has 0 unspecified atom stereocenters. The van der Waals surface area contributed by atoms with Crippen LogP contribution in [0.4, 0.5) is 4.79 Å². The number of carbonyl (C=O) groups is 3. The number of nitrogens with one attached hydrogen (secondary N) is 2. The van der Waals surface area contributed by atoms with Crippen LogP contribution in [-0.2, 0) is 10.3 Å². The Morgan fingerprint density at radius 2 is 1.59 bits per heavy atom. The van der Waals surface area contributed by atoms with E-state index in [0.717, 1.165) is 10.6 Å². The van der Waals surface area contributed by atoms with E-state index in [0.29, 0.717) is 16.1 Å². The molecule has 158 valence electrons. The number of thiophene rings is 1. The molecule has 1 fully saturated rings. The molecule has 0 bridgehead atoms. The fourth-order valence-corrected chi connectivity index (χ4v) is 5.13. The first-order valence-electron chi connectivity index (χ1n) is 9.66. The minimum Gasteiger partial charge on any atom is -0.314 e. The Bertz CT molecular complexity index is 1250. The summed E-state index contributed by atoms with van der Waals surface area (Å²) in [6.45, 7) is 0. The molecule has 1 aliphatic rings. The van der Waals surface area contributed by atoms with Crippen molar-refractivity contribution in [3.05, 3.63) is 99.7 Å². The summed E-state index contributed by atoms with van der Waals surface area (Å²) in [5.41, 5.74) is 3.22.